The normalized spacial score (nSPS) is 21.2. The van der Waals surface area contributed by atoms with E-state index in [-0.39, 0.29) is 18.5 Å². The summed E-state index contributed by atoms with van der Waals surface area (Å²) in [6.07, 6.45) is 1.28. The number of amides is 3. The number of hydrogen-bond donors (Lipinski definition) is 2. The summed E-state index contributed by atoms with van der Waals surface area (Å²) < 4.78 is 2.55. The molecule has 0 atom stereocenters. The van der Waals surface area contributed by atoms with Gasteiger partial charge >= 0.3 is 6.03 Å². The highest BCUT2D eigenvalue weighted by atomic mass is 79.9. The van der Waals surface area contributed by atoms with Crippen molar-refractivity contribution in [2.75, 3.05) is 13.1 Å². The highest BCUT2D eigenvalue weighted by molar-refractivity contribution is 9.10. The largest absolute Gasteiger partial charge is 0.325 e. The predicted octanol–water partition coefficient (Wildman–Crippen LogP) is 0.665. The molecule has 21 heavy (non-hydrogen) atoms. The van der Waals surface area contributed by atoms with Gasteiger partial charge in [-0.25, -0.2) is 4.79 Å². The third kappa shape index (κ3) is 2.26. The van der Waals surface area contributed by atoms with Crippen molar-refractivity contribution in [1.82, 2.24) is 25.3 Å². The number of carbonyl (C=O) groups is 2. The summed E-state index contributed by atoms with van der Waals surface area (Å²) in [6.45, 7) is 3.61. The second-order valence-corrected chi connectivity index (χ2v) is 6.42. The number of aromatic nitrogens is 2. The van der Waals surface area contributed by atoms with Gasteiger partial charge in [0.2, 0.25) is 0 Å². The summed E-state index contributed by atoms with van der Waals surface area (Å²) in [5.74, 6) is -0.125. The van der Waals surface area contributed by atoms with Crippen LogP contribution in [0.2, 0.25) is 0 Å². The van der Waals surface area contributed by atoms with Crippen LogP contribution in [0, 0.1) is 6.92 Å². The zero-order chi connectivity index (χ0) is 15.2. The third-order valence-corrected chi connectivity index (χ3v) is 5.30. The lowest BCUT2D eigenvalue weighted by atomic mass is 9.88. The van der Waals surface area contributed by atoms with E-state index in [9.17, 15) is 9.59 Å². The Morgan fingerprint density at radius 1 is 1.33 bits per heavy atom. The van der Waals surface area contributed by atoms with Crippen molar-refractivity contribution in [3.8, 4) is 0 Å². The number of aryl methyl sites for hydroxylation is 2. The van der Waals surface area contributed by atoms with Crippen molar-refractivity contribution in [2.45, 2.75) is 31.8 Å². The molecular formula is C13H18BrN5O2. The van der Waals surface area contributed by atoms with E-state index >= 15 is 0 Å². The molecule has 2 N–H and O–H groups in total. The SMILES string of the molecule is Cc1nn(C)c(CN2C(=O)NC3(CCNCC3)C2=O)c1Br. The summed E-state index contributed by atoms with van der Waals surface area (Å²) in [5.41, 5.74) is 0.945. The predicted molar refractivity (Wildman–Crippen MR) is 79.6 cm³/mol. The van der Waals surface area contributed by atoms with Gasteiger partial charge in [-0.15, -0.1) is 0 Å². The van der Waals surface area contributed by atoms with Gasteiger partial charge in [-0.3, -0.25) is 14.4 Å². The molecule has 3 rings (SSSR count). The van der Waals surface area contributed by atoms with Crippen LogP contribution in [0.15, 0.2) is 4.47 Å². The van der Waals surface area contributed by atoms with Gasteiger partial charge in [0, 0.05) is 7.05 Å². The smallest absolute Gasteiger partial charge is 0.323 e. The molecule has 8 heteroatoms. The van der Waals surface area contributed by atoms with Gasteiger partial charge in [0.05, 0.1) is 22.4 Å². The van der Waals surface area contributed by atoms with Crippen LogP contribution < -0.4 is 10.6 Å². The molecule has 1 aromatic rings. The highest BCUT2D eigenvalue weighted by Crippen LogP contribution is 2.29. The second-order valence-electron chi connectivity index (χ2n) is 5.62. The second kappa shape index (κ2) is 5.10. The summed E-state index contributed by atoms with van der Waals surface area (Å²) in [6, 6.07) is -0.312. The first kappa shape index (κ1) is 14.5. The summed E-state index contributed by atoms with van der Waals surface area (Å²) >= 11 is 3.47. The van der Waals surface area contributed by atoms with E-state index in [0.29, 0.717) is 12.8 Å². The number of rotatable bonds is 2. The van der Waals surface area contributed by atoms with E-state index in [1.54, 1.807) is 4.68 Å². The first-order valence-corrected chi connectivity index (χ1v) is 7.77. The van der Waals surface area contributed by atoms with Gasteiger partial charge in [0.15, 0.2) is 0 Å². The average molecular weight is 356 g/mol. The van der Waals surface area contributed by atoms with Crippen LogP contribution >= 0.6 is 15.9 Å². The molecule has 0 saturated carbocycles. The fourth-order valence-corrected chi connectivity index (χ4v) is 3.48. The van der Waals surface area contributed by atoms with Gasteiger partial charge in [-0.05, 0) is 48.8 Å². The van der Waals surface area contributed by atoms with E-state index in [4.69, 9.17) is 0 Å². The van der Waals surface area contributed by atoms with Crippen molar-refractivity contribution >= 4 is 27.9 Å². The molecule has 114 valence electrons. The van der Waals surface area contributed by atoms with Crippen LogP contribution in [0.1, 0.15) is 24.2 Å². The molecule has 0 unspecified atom stereocenters. The zero-order valence-electron chi connectivity index (χ0n) is 12.1. The van der Waals surface area contributed by atoms with Crippen molar-refractivity contribution < 1.29 is 9.59 Å². The third-order valence-electron chi connectivity index (χ3n) is 4.27. The molecule has 3 amide bonds. The molecule has 0 aliphatic carbocycles. The van der Waals surface area contributed by atoms with Gasteiger partial charge in [-0.1, -0.05) is 0 Å². The number of carbonyl (C=O) groups excluding carboxylic acids is 2. The Morgan fingerprint density at radius 2 is 2.00 bits per heavy atom. The molecular weight excluding hydrogens is 338 g/mol. The van der Waals surface area contributed by atoms with Crippen LogP contribution in [-0.4, -0.2) is 45.2 Å². The fraction of sp³-hybridized carbons (Fsp3) is 0.615. The first-order chi connectivity index (χ1) is 9.94. The molecule has 2 fully saturated rings. The quantitative estimate of drug-likeness (QED) is 0.764. The average Bonchev–Trinajstić information content (AvgIpc) is 2.82. The Kier molecular flexibility index (Phi) is 3.53. The van der Waals surface area contributed by atoms with E-state index in [0.717, 1.165) is 29.0 Å². The molecule has 2 saturated heterocycles. The molecule has 3 heterocycles. The van der Waals surface area contributed by atoms with Crippen LogP contribution in [-0.2, 0) is 18.4 Å². The molecule has 0 aromatic carbocycles. The number of nitrogens with one attached hydrogen (secondary N) is 2. The van der Waals surface area contributed by atoms with Gasteiger partial charge in [0.25, 0.3) is 5.91 Å². The minimum absolute atomic E-state index is 0.125. The molecule has 0 bridgehead atoms. The lowest BCUT2D eigenvalue weighted by Crippen LogP contribution is -2.53. The summed E-state index contributed by atoms with van der Waals surface area (Å²) in [7, 11) is 1.81. The van der Waals surface area contributed by atoms with E-state index < -0.39 is 5.54 Å². The van der Waals surface area contributed by atoms with Crippen LogP contribution in [0.25, 0.3) is 0 Å². The number of hydrogen-bond acceptors (Lipinski definition) is 4. The zero-order valence-corrected chi connectivity index (χ0v) is 13.7. The Balaban J connectivity index is 1.86. The Morgan fingerprint density at radius 3 is 2.57 bits per heavy atom. The van der Waals surface area contributed by atoms with E-state index in [1.165, 1.54) is 4.90 Å². The van der Waals surface area contributed by atoms with Crippen LogP contribution in [0.4, 0.5) is 4.79 Å². The number of urea groups is 1. The van der Waals surface area contributed by atoms with Crippen molar-refractivity contribution in [3.63, 3.8) is 0 Å². The minimum Gasteiger partial charge on any atom is -0.323 e. The minimum atomic E-state index is -0.720. The Labute approximate surface area is 131 Å². The molecule has 2 aliphatic heterocycles. The lowest BCUT2D eigenvalue weighted by molar-refractivity contribution is -0.132. The molecule has 7 nitrogen and oxygen atoms in total. The lowest BCUT2D eigenvalue weighted by Gasteiger charge is -2.31. The van der Waals surface area contributed by atoms with E-state index in [1.807, 2.05) is 14.0 Å². The number of piperidine rings is 1. The topological polar surface area (TPSA) is 79.3 Å². The molecule has 1 spiro atoms. The van der Waals surface area contributed by atoms with Gasteiger partial charge in [-0.2, -0.15) is 5.10 Å². The number of nitrogens with zero attached hydrogens (tertiary/aromatic N) is 3. The first-order valence-electron chi connectivity index (χ1n) is 6.97. The monoisotopic (exact) mass is 355 g/mol. The molecule has 2 aliphatic rings. The standard InChI is InChI=1S/C13H18BrN5O2/c1-8-10(14)9(18(2)17-8)7-19-11(20)13(16-12(19)21)3-5-15-6-4-13/h15H,3-7H2,1-2H3,(H,16,21). The summed E-state index contributed by atoms with van der Waals surface area (Å²) in [4.78, 5) is 26.2. The van der Waals surface area contributed by atoms with Gasteiger partial charge in [0.1, 0.15) is 5.54 Å². The van der Waals surface area contributed by atoms with Crippen molar-refractivity contribution in [3.05, 3.63) is 15.9 Å². The summed E-state index contributed by atoms with van der Waals surface area (Å²) in [5, 5.41) is 10.4. The van der Waals surface area contributed by atoms with E-state index in [2.05, 4.69) is 31.7 Å². The van der Waals surface area contributed by atoms with Crippen molar-refractivity contribution in [1.29, 1.82) is 0 Å². The molecule has 1 aromatic heterocycles. The Hall–Kier alpha value is -1.41. The highest BCUT2D eigenvalue weighted by Gasteiger charge is 2.51. The molecule has 0 radical (unpaired) electrons. The van der Waals surface area contributed by atoms with Crippen LogP contribution in [0.5, 0.6) is 0 Å². The number of imide groups is 1. The van der Waals surface area contributed by atoms with Crippen molar-refractivity contribution in [2.24, 2.45) is 7.05 Å². The number of halogens is 1. The Bertz CT molecular complexity index is 606. The maximum absolute atomic E-state index is 12.7. The fourth-order valence-electron chi connectivity index (χ4n) is 3.01. The van der Waals surface area contributed by atoms with Crippen LogP contribution in [0.3, 0.4) is 0 Å². The van der Waals surface area contributed by atoms with Gasteiger partial charge < -0.3 is 10.6 Å². The maximum atomic E-state index is 12.7. The maximum Gasteiger partial charge on any atom is 0.325 e.